The Balaban J connectivity index is 2.24. The smallest absolute Gasteiger partial charge is 0.217 e. The van der Waals surface area contributed by atoms with Gasteiger partial charge >= 0.3 is 0 Å². The van der Waals surface area contributed by atoms with Crippen molar-refractivity contribution in [2.75, 3.05) is 13.1 Å². The molecule has 1 unspecified atom stereocenters. The van der Waals surface area contributed by atoms with Gasteiger partial charge in [-0.15, -0.1) is 0 Å². The van der Waals surface area contributed by atoms with E-state index < -0.39 is 5.66 Å². The van der Waals surface area contributed by atoms with Crippen molar-refractivity contribution in [1.29, 1.82) is 0 Å². The predicted molar refractivity (Wildman–Crippen MR) is 77.9 cm³/mol. The van der Waals surface area contributed by atoms with Gasteiger partial charge in [0, 0.05) is 25.7 Å². The molecular formula is C14H23N5O2. The first kappa shape index (κ1) is 15.5. The maximum atomic E-state index is 11.2. The fourth-order valence-corrected chi connectivity index (χ4v) is 3.07. The summed E-state index contributed by atoms with van der Waals surface area (Å²) in [7, 11) is 0. The summed E-state index contributed by atoms with van der Waals surface area (Å²) in [5.74, 6) is -0.323. The third-order valence-electron chi connectivity index (χ3n) is 4.08. The highest BCUT2D eigenvalue weighted by atomic mass is 16.1. The van der Waals surface area contributed by atoms with Crippen molar-refractivity contribution < 1.29 is 9.59 Å². The molecule has 0 aliphatic carbocycles. The number of likely N-dealkylation sites (tertiary alicyclic amines) is 1. The van der Waals surface area contributed by atoms with E-state index in [-0.39, 0.29) is 5.91 Å². The van der Waals surface area contributed by atoms with Gasteiger partial charge in [-0.25, -0.2) is 0 Å². The van der Waals surface area contributed by atoms with Crippen LogP contribution in [0.15, 0.2) is 12.3 Å². The lowest BCUT2D eigenvalue weighted by atomic mass is 9.93. The lowest BCUT2D eigenvalue weighted by molar-refractivity contribution is -0.118. The number of primary amides is 1. The largest absolute Gasteiger partial charge is 0.370 e. The van der Waals surface area contributed by atoms with Gasteiger partial charge in [-0.3, -0.25) is 19.6 Å². The van der Waals surface area contributed by atoms with Gasteiger partial charge in [-0.05, 0) is 31.7 Å². The Morgan fingerprint density at radius 3 is 2.81 bits per heavy atom. The van der Waals surface area contributed by atoms with Gasteiger partial charge in [0.15, 0.2) is 0 Å². The molecule has 1 saturated heterocycles. The molecule has 1 aliphatic rings. The Bertz CT molecular complexity index is 456. The Labute approximate surface area is 124 Å². The fourth-order valence-electron chi connectivity index (χ4n) is 3.07. The molecule has 7 nitrogen and oxygen atoms in total. The monoisotopic (exact) mass is 293 g/mol. The number of nitrogens with one attached hydrogen (secondary N) is 2. The molecule has 1 aromatic heterocycles. The summed E-state index contributed by atoms with van der Waals surface area (Å²) in [6, 6.07) is 1.87. The molecule has 1 aliphatic heterocycles. The maximum absolute atomic E-state index is 11.2. The minimum Gasteiger partial charge on any atom is -0.370 e. The summed E-state index contributed by atoms with van der Waals surface area (Å²) in [6.45, 7) is 1.81. The van der Waals surface area contributed by atoms with Crippen molar-refractivity contribution >= 4 is 12.3 Å². The first-order valence-electron chi connectivity index (χ1n) is 7.44. The van der Waals surface area contributed by atoms with E-state index in [1.807, 2.05) is 6.07 Å². The molecule has 4 N–H and O–H groups in total. The van der Waals surface area contributed by atoms with Crippen molar-refractivity contribution in [3.8, 4) is 0 Å². The van der Waals surface area contributed by atoms with Gasteiger partial charge in [0.2, 0.25) is 12.3 Å². The van der Waals surface area contributed by atoms with Crippen LogP contribution in [0, 0.1) is 0 Å². The van der Waals surface area contributed by atoms with Crippen molar-refractivity contribution in [1.82, 2.24) is 20.4 Å². The molecule has 0 bridgehead atoms. The maximum Gasteiger partial charge on any atom is 0.217 e. The summed E-state index contributed by atoms with van der Waals surface area (Å²) in [6.07, 6.45) is 7.39. The molecule has 1 fully saturated rings. The van der Waals surface area contributed by atoms with Crippen LogP contribution in [-0.2, 0) is 15.3 Å². The van der Waals surface area contributed by atoms with Crippen LogP contribution in [0.3, 0.4) is 0 Å². The molecule has 1 aromatic rings. The number of amides is 2. The molecular weight excluding hydrogens is 270 g/mol. The number of carbonyl (C=O) groups is 2. The molecule has 0 saturated carbocycles. The molecule has 116 valence electrons. The van der Waals surface area contributed by atoms with Crippen LogP contribution >= 0.6 is 0 Å². The Morgan fingerprint density at radius 1 is 1.48 bits per heavy atom. The molecule has 21 heavy (non-hydrogen) atoms. The van der Waals surface area contributed by atoms with Crippen LogP contribution in [0.5, 0.6) is 0 Å². The van der Waals surface area contributed by atoms with Crippen molar-refractivity contribution in [3.63, 3.8) is 0 Å². The average Bonchev–Trinajstić information content (AvgIpc) is 3.01. The van der Waals surface area contributed by atoms with Gasteiger partial charge in [0.25, 0.3) is 0 Å². The zero-order chi connectivity index (χ0) is 15.1. The SMILES string of the molecule is NC(=O)CCCC(NC=O)(c1cc[nH]n1)N1CCCCC1. The minimum absolute atomic E-state index is 0.306. The standard InChI is InChI=1S/C14H23N5O2/c15-13(21)5-4-7-14(16-11-20,12-6-8-17-18-12)19-9-2-1-3-10-19/h6,8,11H,1-5,7,9-10H2,(H2,15,21)(H,16,20)(H,17,18). The van der Waals surface area contributed by atoms with E-state index in [1.165, 1.54) is 6.42 Å². The lowest BCUT2D eigenvalue weighted by Gasteiger charge is -2.44. The number of nitrogens with zero attached hydrogens (tertiary/aromatic N) is 2. The third-order valence-corrected chi connectivity index (χ3v) is 4.08. The first-order valence-corrected chi connectivity index (χ1v) is 7.44. The molecule has 0 spiro atoms. The lowest BCUT2D eigenvalue weighted by Crippen LogP contribution is -2.57. The summed E-state index contributed by atoms with van der Waals surface area (Å²) >= 11 is 0. The topological polar surface area (TPSA) is 104 Å². The van der Waals surface area contributed by atoms with Gasteiger partial charge in [0.1, 0.15) is 11.4 Å². The zero-order valence-electron chi connectivity index (χ0n) is 12.2. The van der Waals surface area contributed by atoms with Gasteiger partial charge < -0.3 is 11.1 Å². The zero-order valence-corrected chi connectivity index (χ0v) is 12.2. The first-order chi connectivity index (χ1) is 10.2. The van der Waals surface area contributed by atoms with Crippen LogP contribution in [0.4, 0.5) is 0 Å². The molecule has 1 atom stereocenters. The molecule has 7 heteroatoms. The quantitative estimate of drug-likeness (QED) is 0.605. The van der Waals surface area contributed by atoms with Crippen molar-refractivity contribution in [2.24, 2.45) is 5.73 Å². The molecule has 0 aromatic carbocycles. The van der Waals surface area contributed by atoms with Crippen LogP contribution < -0.4 is 11.1 Å². The number of aromatic amines is 1. The highest BCUT2D eigenvalue weighted by Gasteiger charge is 2.40. The highest BCUT2D eigenvalue weighted by Crippen LogP contribution is 2.32. The Hall–Kier alpha value is -1.89. The number of piperidine rings is 1. The number of aromatic nitrogens is 2. The molecule has 2 rings (SSSR count). The van der Waals surface area contributed by atoms with E-state index in [1.54, 1.807) is 6.20 Å². The number of rotatable bonds is 8. The van der Waals surface area contributed by atoms with Gasteiger partial charge in [-0.1, -0.05) is 6.42 Å². The minimum atomic E-state index is -0.655. The summed E-state index contributed by atoms with van der Waals surface area (Å²) < 4.78 is 0. The summed E-state index contributed by atoms with van der Waals surface area (Å²) in [4.78, 5) is 24.4. The Morgan fingerprint density at radius 2 is 2.24 bits per heavy atom. The number of nitrogens with two attached hydrogens (primary N) is 1. The normalized spacial score (nSPS) is 18.9. The van der Waals surface area contributed by atoms with Crippen LogP contribution in [0.2, 0.25) is 0 Å². The van der Waals surface area contributed by atoms with Crippen molar-refractivity contribution in [3.05, 3.63) is 18.0 Å². The highest BCUT2D eigenvalue weighted by molar-refractivity contribution is 5.73. The number of carbonyl (C=O) groups excluding carboxylic acids is 2. The summed E-state index contributed by atoms with van der Waals surface area (Å²) in [5, 5.41) is 10.0. The molecule has 2 heterocycles. The number of hydrogen-bond acceptors (Lipinski definition) is 4. The van der Waals surface area contributed by atoms with E-state index >= 15 is 0 Å². The van der Waals surface area contributed by atoms with E-state index in [9.17, 15) is 9.59 Å². The van der Waals surface area contributed by atoms with Crippen LogP contribution in [0.25, 0.3) is 0 Å². The Kier molecular flexibility index (Phi) is 5.32. The second kappa shape index (κ2) is 7.21. The molecule has 0 radical (unpaired) electrons. The third kappa shape index (κ3) is 3.60. The average molecular weight is 293 g/mol. The van der Waals surface area contributed by atoms with Crippen LogP contribution in [-0.4, -0.2) is 40.5 Å². The van der Waals surface area contributed by atoms with E-state index in [0.717, 1.165) is 31.6 Å². The fraction of sp³-hybridized carbons (Fsp3) is 0.643. The van der Waals surface area contributed by atoms with E-state index in [0.29, 0.717) is 25.7 Å². The van der Waals surface area contributed by atoms with E-state index in [4.69, 9.17) is 5.73 Å². The van der Waals surface area contributed by atoms with Crippen molar-refractivity contribution in [2.45, 2.75) is 44.2 Å². The second-order valence-corrected chi connectivity index (χ2v) is 5.45. The predicted octanol–water partition coefficient (Wildman–Crippen LogP) is 0.450. The second-order valence-electron chi connectivity index (χ2n) is 5.45. The van der Waals surface area contributed by atoms with Crippen LogP contribution in [0.1, 0.15) is 44.2 Å². The number of H-pyrrole nitrogens is 1. The van der Waals surface area contributed by atoms with Gasteiger partial charge in [0.05, 0.1) is 0 Å². The number of hydrogen-bond donors (Lipinski definition) is 3. The van der Waals surface area contributed by atoms with E-state index in [2.05, 4.69) is 20.4 Å². The summed E-state index contributed by atoms with van der Waals surface area (Å²) in [5.41, 5.74) is 5.35. The van der Waals surface area contributed by atoms with Gasteiger partial charge in [-0.2, -0.15) is 5.10 Å². The molecule has 2 amide bonds.